The molecule has 2 aliphatic rings. The summed E-state index contributed by atoms with van der Waals surface area (Å²) in [6.07, 6.45) is 1.47. The minimum atomic E-state index is -0.530. The summed E-state index contributed by atoms with van der Waals surface area (Å²) in [5.74, 6) is -0.0340. The molecule has 1 fully saturated rings. The van der Waals surface area contributed by atoms with Gasteiger partial charge in [0.15, 0.2) is 5.76 Å². The summed E-state index contributed by atoms with van der Waals surface area (Å²) in [7, 11) is 0. The van der Waals surface area contributed by atoms with Gasteiger partial charge in [0.1, 0.15) is 6.04 Å². The lowest BCUT2D eigenvalue weighted by atomic mass is 10.1. The van der Waals surface area contributed by atoms with Crippen molar-refractivity contribution in [1.82, 2.24) is 14.7 Å². The van der Waals surface area contributed by atoms with Gasteiger partial charge >= 0.3 is 0 Å². The Morgan fingerprint density at radius 2 is 1.70 bits per heavy atom. The Labute approximate surface area is 157 Å². The first-order valence-electron chi connectivity index (χ1n) is 9.06. The van der Waals surface area contributed by atoms with Crippen LogP contribution in [0.2, 0.25) is 0 Å². The Morgan fingerprint density at radius 1 is 1.00 bits per heavy atom. The smallest absolute Gasteiger partial charge is 0.289 e. The SMILES string of the molecule is CC(C(=O)N1CCN(C(=O)c2ccco2)CC1)N1Cc2ccccc2C1=O. The first-order chi connectivity index (χ1) is 13.1. The Kier molecular flexibility index (Phi) is 4.43. The van der Waals surface area contributed by atoms with Crippen molar-refractivity contribution < 1.29 is 18.8 Å². The van der Waals surface area contributed by atoms with Crippen LogP contribution >= 0.6 is 0 Å². The number of carbonyl (C=O) groups excluding carboxylic acids is 3. The number of hydrogen-bond donors (Lipinski definition) is 0. The quantitative estimate of drug-likeness (QED) is 0.826. The summed E-state index contributed by atoms with van der Waals surface area (Å²) in [4.78, 5) is 42.8. The number of piperazine rings is 1. The van der Waals surface area contributed by atoms with E-state index in [0.29, 0.717) is 44.0 Å². The van der Waals surface area contributed by atoms with E-state index in [1.807, 2.05) is 18.2 Å². The second-order valence-electron chi connectivity index (χ2n) is 6.86. The van der Waals surface area contributed by atoms with Gasteiger partial charge in [-0.05, 0) is 30.7 Å². The Bertz CT molecular complexity index is 869. The molecule has 7 heteroatoms. The summed E-state index contributed by atoms with van der Waals surface area (Å²) >= 11 is 0. The Hall–Kier alpha value is -3.09. The van der Waals surface area contributed by atoms with E-state index in [1.165, 1.54) is 6.26 Å². The predicted octanol–water partition coefficient (Wildman–Crippen LogP) is 1.61. The highest BCUT2D eigenvalue weighted by Crippen LogP contribution is 2.25. The second-order valence-corrected chi connectivity index (χ2v) is 6.86. The van der Waals surface area contributed by atoms with Crippen LogP contribution in [0.5, 0.6) is 0 Å². The maximum Gasteiger partial charge on any atom is 0.289 e. The standard InChI is InChI=1S/C20H21N3O4/c1-14(23-13-15-5-2-3-6-16(15)19(23)25)18(24)21-8-10-22(11-9-21)20(26)17-7-4-12-27-17/h2-7,12,14H,8-11,13H2,1H3. The van der Waals surface area contributed by atoms with Crippen molar-refractivity contribution in [2.24, 2.45) is 0 Å². The zero-order valence-electron chi connectivity index (χ0n) is 15.1. The third-order valence-corrected chi connectivity index (χ3v) is 5.28. The van der Waals surface area contributed by atoms with Crippen molar-refractivity contribution in [3.05, 3.63) is 59.5 Å². The van der Waals surface area contributed by atoms with E-state index in [2.05, 4.69) is 0 Å². The molecule has 140 valence electrons. The van der Waals surface area contributed by atoms with E-state index in [0.717, 1.165) is 5.56 Å². The molecule has 0 bridgehead atoms. The van der Waals surface area contributed by atoms with Gasteiger partial charge in [-0.2, -0.15) is 0 Å². The highest BCUT2D eigenvalue weighted by molar-refractivity contribution is 6.01. The number of fused-ring (bicyclic) bond motifs is 1. The highest BCUT2D eigenvalue weighted by Gasteiger charge is 2.36. The lowest BCUT2D eigenvalue weighted by molar-refractivity contribution is -0.137. The van der Waals surface area contributed by atoms with Crippen LogP contribution < -0.4 is 0 Å². The van der Waals surface area contributed by atoms with Gasteiger partial charge in [0.05, 0.1) is 6.26 Å². The van der Waals surface area contributed by atoms with Crippen LogP contribution in [0.1, 0.15) is 33.4 Å². The molecule has 1 saturated heterocycles. The predicted molar refractivity (Wildman–Crippen MR) is 97.0 cm³/mol. The molecule has 1 aromatic carbocycles. The Morgan fingerprint density at radius 3 is 2.37 bits per heavy atom. The van der Waals surface area contributed by atoms with Crippen LogP contribution in [0.4, 0.5) is 0 Å². The molecule has 1 aromatic heterocycles. The molecule has 3 heterocycles. The van der Waals surface area contributed by atoms with E-state index in [1.54, 1.807) is 39.8 Å². The normalized spacial score (nSPS) is 17.8. The average Bonchev–Trinajstić information content (AvgIpc) is 3.35. The van der Waals surface area contributed by atoms with Gasteiger partial charge < -0.3 is 19.1 Å². The monoisotopic (exact) mass is 367 g/mol. The molecule has 0 aliphatic carbocycles. The van der Waals surface area contributed by atoms with Crippen molar-refractivity contribution in [2.75, 3.05) is 26.2 Å². The van der Waals surface area contributed by atoms with E-state index in [9.17, 15) is 14.4 Å². The molecule has 2 aromatic rings. The molecule has 1 unspecified atom stereocenters. The summed E-state index contributed by atoms with van der Waals surface area (Å²) < 4.78 is 5.16. The largest absolute Gasteiger partial charge is 0.459 e. The fourth-order valence-corrected chi connectivity index (χ4v) is 3.67. The van der Waals surface area contributed by atoms with Crippen molar-refractivity contribution in [3.63, 3.8) is 0 Å². The summed E-state index contributed by atoms with van der Waals surface area (Å²) in [6.45, 7) is 4.03. The molecule has 0 N–H and O–H groups in total. The fraction of sp³-hybridized carbons (Fsp3) is 0.350. The Balaban J connectivity index is 1.37. The van der Waals surface area contributed by atoms with Crippen molar-refractivity contribution >= 4 is 17.7 Å². The summed E-state index contributed by atoms with van der Waals surface area (Å²) in [5.41, 5.74) is 1.63. The highest BCUT2D eigenvalue weighted by atomic mass is 16.3. The average molecular weight is 367 g/mol. The molecule has 1 atom stereocenters. The van der Waals surface area contributed by atoms with Crippen LogP contribution in [-0.2, 0) is 11.3 Å². The number of rotatable bonds is 3. The second kappa shape index (κ2) is 6.90. The molecule has 2 aliphatic heterocycles. The van der Waals surface area contributed by atoms with Crippen LogP contribution in [0.25, 0.3) is 0 Å². The summed E-state index contributed by atoms with van der Waals surface area (Å²) in [6, 6.07) is 10.2. The van der Waals surface area contributed by atoms with E-state index in [-0.39, 0.29) is 17.7 Å². The van der Waals surface area contributed by atoms with Gasteiger partial charge in [0.25, 0.3) is 11.8 Å². The molecule has 0 radical (unpaired) electrons. The molecule has 0 saturated carbocycles. The van der Waals surface area contributed by atoms with Crippen molar-refractivity contribution in [1.29, 1.82) is 0 Å². The van der Waals surface area contributed by atoms with Crippen LogP contribution in [0.3, 0.4) is 0 Å². The molecule has 27 heavy (non-hydrogen) atoms. The molecular weight excluding hydrogens is 346 g/mol. The van der Waals surface area contributed by atoms with Crippen LogP contribution in [0, 0.1) is 0 Å². The number of nitrogens with zero attached hydrogens (tertiary/aromatic N) is 3. The van der Waals surface area contributed by atoms with Gasteiger partial charge in [0.2, 0.25) is 5.91 Å². The van der Waals surface area contributed by atoms with Crippen molar-refractivity contribution in [2.45, 2.75) is 19.5 Å². The zero-order chi connectivity index (χ0) is 19.0. The van der Waals surface area contributed by atoms with Gasteiger partial charge in [0, 0.05) is 38.3 Å². The van der Waals surface area contributed by atoms with Crippen LogP contribution in [0.15, 0.2) is 47.1 Å². The molecule has 0 spiro atoms. The first kappa shape index (κ1) is 17.3. The first-order valence-corrected chi connectivity index (χ1v) is 9.06. The minimum absolute atomic E-state index is 0.0822. The van der Waals surface area contributed by atoms with Gasteiger partial charge in [-0.25, -0.2) is 0 Å². The van der Waals surface area contributed by atoms with Crippen molar-refractivity contribution in [3.8, 4) is 0 Å². The number of carbonyl (C=O) groups is 3. The maximum atomic E-state index is 12.9. The number of amides is 3. The van der Waals surface area contributed by atoms with Crippen LogP contribution in [-0.4, -0.2) is 64.6 Å². The lowest BCUT2D eigenvalue weighted by Crippen LogP contribution is -2.55. The topological polar surface area (TPSA) is 74.1 Å². The summed E-state index contributed by atoms with van der Waals surface area (Å²) in [5, 5.41) is 0. The number of hydrogen-bond acceptors (Lipinski definition) is 4. The number of furan rings is 1. The molecular formula is C20H21N3O4. The third-order valence-electron chi connectivity index (χ3n) is 5.28. The van der Waals surface area contributed by atoms with E-state index < -0.39 is 6.04 Å². The van der Waals surface area contributed by atoms with E-state index in [4.69, 9.17) is 4.42 Å². The molecule has 4 rings (SSSR count). The van der Waals surface area contributed by atoms with E-state index >= 15 is 0 Å². The molecule has 7 nitrogen and oxygen atoms in total. The third kappa shape index (κ3) is 3.09. The van der Waals surface area contributed by atoms with Gasteiger partial charge in [-0.3, -0.25) is 14.4 Å². The lowest BCUT2D eigenvalue weighted by Gasteiger charge is -2.37. The number of benzene rings is 1. The molecule has 3 amide bonds. The maximum absolute atomic E-state index is 12.9. The minimum Gasteiger partial charge on any atom is -0.459 e. The van der Waals surface area contributed by atoms with Gasteiger partial charge in [-0.1, -0.05) is 18.2 Å². The zero-order valence-corrected chi connectivity index (χ0v) is 15.1. The van der Waals surface area contributed by atoms with Gasteiger partial charge in [-0.15, -0.1) is 0 Å². The fourth-order valence-electron chi connectivity index (χ4n) is 3.67.